The van der Waals surface area contributed by atoms with Crippen molar-refractivity contribution in [1.82, 2.24) is 5.32 Å². The topological polar surface area (TPSA) is 12.0 Å². The smallest absolute Gasteiger partial charge is 0.0420 e. The molecule has 0 aliphatic carbocycles. The zero-order chi connectivity index (χ0) is 7.69. The fourth-order valence-electron chi connectivity index (χ4n) is 0.944. The van der Waals surface area contributed by atoms with Crippen LogP contribution in [0.25, 0.3) is 0 Å². The van der Waals surface area contributed by atoms with Crippen molar-refractivity contribution in [2.24, 2.45) is 0 Å². The van der Waals surface area contributed by atoms with Gasteiger partial charge in [-0.25, -0.2) is 8.75 Å². The largest absolute Gasteiger partial charge is 0.384 e. The van der Waals surface area contributed by atoms with Gasteiger partial charge in [-0.2, -0.15) is 0 Å². The molecule has 60 valence electrons. The third kappa shape index (κ3) is 1.43. The lowest BCUT2D eigenvalue weighted by molar-refractivity contribution is 1.04. The maximum atomic E-state index is 3.30. The van der Waals surface area contributed by atoms with Gasteiger partial charge in [0.15, 0.2) is 0 Å². The van der Waals surface area contributed by atoms with Crippen molar-refractivity contribution in [3.63, 3.8) is 0 Å². The standard InChI is InChI=1S/C8H17NS/c1-4-10(2,3)7-5-6-9-8-10/h5-7,9H,4,8H2,1-3H3. The van der Waals surface area contributed by atoms with Crippen LogP contribution in [0, 0.1) is 0 Å². The Labute approximate surface area is 63.4 Å². The van der Waals surface area contributed by atoms with Crippen molar-refractivity contribution >= 4 is 14.1 Å². The number of hydrogen-bond donors (Lipinski definition) is 1. The molecule has 0 atom stereocenters. The lowest BCUT2D eigenvalue weighted by Crippen LogP contribution is -2.26. The van der Waals surface area contributed by atoms with Gasteiger partial charge in [0, 0.05) is 5.88 Å². The summed E-state index contributed by atoms with van der Waals surface area (Å²) in [5.41, 5.74) is 0. The van der Waals surface area contributed by atoms with Crippen LogP contribution >= 0.6 is 8.75 Å². The van der Waals surface area contributed by atoms with Gasteiger partial charge in [0.25, 0.3) is 0 Å². The van der Waals surface area contributed by atoms with Crippen LogP contribution < -0.4 is 5.32 Å². The fourth-order valence-corrected chi connectivity index (χ4v) is 2.70. The van der Waals surface area contributed by atoms with Gasteiger partial charge >= 0.3 is 0 Å². The predicted octanol–water partition coefficient (Wildman–Crippen LogP) is 1.48. The highest BCUT2D eigenvalue weighted by atomic mass is 32.3. The summed E-state index contributed by atoms with van der Waals surface area (Å²) >= 11 is 0. The fraction of sp³-hybridized carbons (Fsp3) is 0.625. The van der Waals surface area contributed by atoms with Gasteiger partial charge in [-0.15, -0.1) is 0 Å². The Hall–Kier alpha value is -0.240. The Morgan fingerprint density at radius 3 is 2.50 bits per heavy atom. The van der Waals surface area contributed by atoms with Crippen LogP contribution in [0.4, 0.5) is 0 Å². The first kappa shape index (κ1) is 7.86. The van der Waals surface area contributed by atoms with Gasteiger partial charge < -0.3 is 5.32 Å². The summed E-state index contributed by atoms with van der Waals surface area (Å²) in [6.07, 6.45) is 8.97. The number of rotatable bonds is 1. The second-order valence-electron chi connectivity index (χ2n) is 3.70. The molecule has 2 heteroatoms. The van der Waals surface area contributed by atoms with E-state index in [2.05, 4.69) is 36.2 Å². The van der Waals surface area contributed by atoms with Crippen molar-refractivity contribution in [2.75, 3.05) is 24.1 Å². The van der Waals surface area contributed by atoms with Gasteiger partial charge in [0.1, 0.15) is 0 Å². The summed E-state index contributed by atoms with van der Waals surface area (Å²) in [7, 11) is -1.16. The number of allylic oxidation sites excluding steroid dienone is 1. The van der Waals surface area contributed by atoms with Crippen LogP contribution in [0.15, 0.2) is 12.3 Å². The molecule has 1 nitrogen and oxygen atoms in total. The molecule has 0 fully saturated rings. The molecule has 0 spiro atoms. The summed E-state index contributed by atoms with van der Waals surface area (Å²) in [6.45, 7) is 2.28. The van der Waals surface area contributed by atoms with Gasteiger partial charge in [-0.05, 0) is 30.5 Å². The molecule has 0 aromatic carbocycles. The van der Waals surface area contributed by atoms with E-state index in [4.69, 9.17) is 0 Å². The summed E-state index contributed by atoms with van der Waals surface area (Å²) in [5, 5.41) is 5.70. The second-order valence-corrected chi connectivity index (χ2v) is 9.99. The highest BCUT2D eigenvalue weighted by molar-refractivity contribution is 8.46. The molecule has 0 radical (unpaired) electrons. The van der Waals surface area contributed by atoms with E-state index in [9.17, 15) is 0 Å². The molecule has 0 saturated carbocycles. The molecule has 0 bridgehead atoms. The first-order valence-corrected chi connectivity index (χ1v) is 6.90. The van der Waals surface area contributed by atoms with Gasteiger partial charge in [0.05, 0.1) is 0 Å². The monoisotopic (exact) mass is 159 g/mol. The Morgan fingerprint density at radius 1 is 1.50 bits per heavy atom. The minimum Gasteiger partial charge on any atom is -0.384 e. The Bertz CT molecular complexity index is 219. The van der Waals surface area contributed by atoms with Crippen molar-refractivity contribution < 1.29 is 0 Å². The van der Waals surface area contributed by atoms with E-state index in [0.717, 1.165) is 5.88 Å². The van der Waals surface area contributed by atoms with Crippen LogP contribution in [0.3, 0.4) is 0 Å². The molecule has 10 heavy (non-hydrogen) atoms. The molecular formula is C8H17NS. The zero-order valence-corrected chi connectivity index (χ0v) is 7.87. The molecular weight excluding hydrogens is 142 g/mol. The van der Waals surface area contributed by atoms with E-state index in [1.807, 2.05) is 6.20 Å². The summed E-state index contributed by atoms with van der Waals surface area (Å²) in [6, 6.07) is 0. The van der Waals surface area contributed by atoms with Crippen LogP contribution in [0.2, 0.25) is 0 Å². The Kier molecular flexibility index (Phi) is 1.67. The van der Waals surface area contributed by atoms with E-state index >= 15 is 0 Å². The van der Waals surface area contributed by atoms with Crippen molar-refractivity contribution in [3.05, 3.63) is 12.3 Å². The van der Waals surface area contributed by atoms with Gasteiger partial charge in [-0.3, -0.25) is 0 Å². The molecule has 1 aliphatic heterocycles. The molecule has 1 rings (SSSR count). The maximum absolute atomic E-state index is 3.30. The number of nitrogens with one attached hydrogen (secondary N) is 1. The van der Waals surface area contributed by atoms with Crippen LogP contribution in [0.1, 0.15) is 6.92 Å². The highest BCUT2D eigenvalue weighted by Crippen LogP contribution is 2.50. The average molecular weight is 159 g/mol. The van der Waals surface area contributed by atoms with Crippen LogP contribution in [0.5, 0.6) is 0 Å². The lowest BCUT2D eigenvalue weighted by atomic mass is 10.7. The van der Waals surface area contributed by atoms with E-state index in [1.54, 1.807) is 0 Å². The summed E-state index contributed by atoms with van der Waals surface area (Å²) < 4.78 is 0. The van der Waals surface area contributed by atoms with E-state index in [-0.39, 0.29) is 0 Å². The lowest BCUT2D eigenvalue weighted by Gasteiger charge is -2.42. The predicted molar refractivity (Wildman–Crippen MR) is 53.2 cm³/mol. The quantitative estimate of drug-likeness (QED) is 0.572. The van der Waals surface area contributed by atoms with Crippen LogP contribution in [-0.4, -0.2) is 29.5 Å². The third-order valence-electron chi connectivity index (χ3n) is 2.26. The molecule has 1 N–H and O–H groups in total. The van der Waals surface area contributed by atoms with Gasteiger partial charge in [-0.1, -0.05) is 12.3 Å². The SMILES string of the molecule is CCS1(C)(C)=CC=CNC1. The molecule has 0 aromatic heterocycles. The van der Waals surface area contributed by atoms with E-state index in [0.29, 0.717) is 0 Å². The van der Waals surface area contributed by atoms with Crippen molar-refractivity contribution in [3.8, 4) is 0 Å². The highest BCUT2D eigenvalue weighted by Gasteiger charge is 2.18. The van der Waals surface area contributed by atoms with Crippen LogP contribution in [-0.2, 0) is 0 Å². The molecule has 0 unspecified atom stereocenters. The Morgan fingerprint density at radius 2 is 2.20 bits per heavy atom. The second kappa shape index (κ2) is 2.12. The zero-order valence-electron chi connectivity index (χ0n) is 7.05. The molecule has 1 aliphatic rings. The molecule has 0 aromatic rings. The van der Waals surface area contributed by atoms with Crippen molar-refractivity contribution in [2.45, 2.75) is 6.92 Å². The molecule has 0 saturated heterocycles. The number of hydrogen-bond acceptors (Lipinski definition) is 1. The normalized spacial score (nSPS) is 30.9. The first-order valence-electron chi connectivity index (χ1n) is 3.65. The van der Waals surface area contributed by atoms with Gasteiger partial charge in [0.2, 0.25) is 0 Å². The maximum Gasteiger partial charge on any atom is 0.0420 e. The third-order valence-corrected chi connectivity index (χ3v) is 6.36. The summed E-state index contributed by atoms with van der Waals surface area (Å²) in [5.74, 6) is 2.44. The average Bonchev–Trinajstić information content (AvgIpc) is 1.89. The first-order chi connectivity index (χ1) is 4.55. The minimum absolute atomic E-state index is 1.16. The van der Waals surface area contributed by atoms with Crippen molar-refractivity contribution in [1.29, 1.82) is 0 Å². The summed E-state index contributed by atoms with van der Waals surface area (Å²) in [4.78, 5) is 0. The Balaban J connectivity index is 3.04. The van der Waals surface area contributed by atoms with E-state index in [1.165, 1.54) is 5.75 Å². The molecule has 1 heterocycles. The van der Waals surface area contributed by atoms with E-state index < -0.39 is 8.75 Å². The molecule has 0 amide bonds. The minimum atomic E-state index is -1.16.